The van der Waals surface area contributed by atoms with Crippen LogP contribution in [0, 0.1) is 5.41 Å². The summed E-state index contributed by atoms with van der Waals surface area (Å²) in [7, 11) is 0. The lowest BCUT2D eigenvalue weighted by Gasteiger charge is -2.36. The van der Waals surface area contributed by atoms with Crippen LogP contribution in [0.4, 0.5) is 0 Å². The number of rotatable bonds is 4. The van der Waals surface area contributed by atoms with Crippen molar-refractivity contribution in [2.24, 2.45) is 5.41 Å². The molecular formula is C12H22N2O. The Morgan fingerprint density at radius 3 is 2.93 bits per heavy atom. The summed E-state index contributed by atoms with van der Waals surface area (Å²) in [4.78, 5) is 12.1. The van der Waals surface area contributed by atoms with Gasteiger partial charge in [0.05, 0.1) is 5.41 Å². The summed E-state index contributed by atoms with van der Waals surface area (Å²) in [6.45, 7) is 9.55. The van der Waals surface area contributed by atoms with E-state index in [-0.39, 0.29) is 17.4 Å². The van der Waals surface area contributed by atoms with Crippen molar-refractivity contribution in [3.05, 3.63) is 12.7 Å². The molecule has 0 radical (unpaired) electrons. The molecule has 3 nitrogen and oxygen atoms in total. The maximum absolute atomic E-state index is 12.1. The fraction of sp³-hybridized carbons (Fsp3) is 0.750. The second-order valence-corrected chi connectivity index (χ2v) is 4.41. The van der Waals surface area contributed by atoms with Crippen LogP contribution in [0.15, 0.2) is 12.7 Å². The van der Waals surface area contributed by atoms with Crippen molar-refractivity contribution in [2.75, 3.05) is 13.1 Å². The van der Waals surface area contributed by atoms with Gasteiger partial charge in [-0.15, -0.1) is 6.58 Å². The van der Waals surface area contributed by atoms with Crippen LogP contribution in [0.1, 0.15) is 33.1 Å². The quantitative estimate of drug-likeness (QED) is 0.690. The largest absolute Gasteiger partial charge is 0.350 e. The van der Waals surface area contributed by atoms with Crippen molar-refractivity contribution in [3.8, 4) is 0 Å². The second-order valence-electron chi connectivity index (χ2n) is 4.41. The van der Waals surface area contributed by atoms with E-state index in [4.69, 9.17) is 0 Å². The Morgan fingerprint density at radius 1 is 1.73 bits per heavy atom. The normalized spacial score (nSPS) is 28.1. The Bertz CT molecular complexity index is 232. The van der Waals surface area contributed by atoms with Gasteiger partial charge in [0.15, 0.2) is 0 Å². The van der Waals surface area contributed by atoms with Gasteiger partial charge in [0.2, 0.25) is 5.91 Å². The van der Waals surface area contributed by atoms with Gasteiger partial charge in [-0.1, -0.05) is 13.0 Å². The molecule has 1 amide bonds. The van der Waals surface area contributed by atoms with Gasteiger partial charge in [-0.3, -0.25) is 4.79 Å². The molecule has 0 spiro atoms. The van der Waals surface area contributed by atoms with Crippen LogP contribution in [-0.4, -0.2) is 25.0 Å². The van der Waals surface area contributed by atoms with E-state index in [1.807, 2.05) is 6.92 Å². The number of nitrogens with one attached hydrogen (secondary N) is 2. The number of hydrogen-bond acceptors (Lipinski definition) is 2. The van der Waals surface area contributed by atoms with Gasteiger partial charge < -0.3 is 10.6 Å². The van der Waals surface area contributed by atoms with Crippen LogP contribution in [-0.2, 0) is 4.79 Å². The van der Waals surface area contributed by atoms with Crippen molar-refractivity contribution < 1.29 is 4.79 Å². The Labute approximate surface area is 92.3 Å². The molecule has 15 heavy (non-hydrogen) atoms. The van der Waals surface area contributed by atoms with E-state index in [9.17, 15) is 4.79 Å². The summed E-state index contributed by atoms with van der Waals surface area (Å²) in [6.07, 6.45) is 4.74. The molecule has 0 aliphatic carbocycles. The highest BCUT2D eigenvalue weighted by Crippen LogP contribution is 2.30. The summed E-state index contributed by atoms with van der Waals surface area (Å²) in [5, 5.41) is 6.31. The lowest BCUT2D eigenvalue weighted by Crippen LogP contribution is -2.51. The number of piperidine rings is 1. The lowest BCUT2D eigenvalue weighted by atomic mass is 9.77. The van der Waals surface area contributed by atoms with E-state index >= 15 is 0 Å². The van der Waals surface area contributed by atoms with Crippen molar-refractivity contribution in [1.29, 1.82) is 0 Å². The first-order valence-corrected chi connectivity index (χ1v) is 5.79. The summed E-state index contributed by atoms with van der Waals surface area (Å²) in [5.74, 6) is 0.171. The first-order chi connectivity index (χ1) is 7.14. The minimum Gasteiger partial charge on any atom is -0.350 e. The highest BCUT2D eigenvalue weighted by atomic mass is 16.2. The monoisotopic (exact) mass is 210 g/mol. The molecule has 3 heteroatoms. The minimum atomic E-state index is -0.199. The number of carbonyl (C=O) groups is 1. The third-order valence-electron chi connectivity index (χ3n) is 3.34. The van der Waals surface area contributed by atoms with Crippen molar-refractivity contribution >= 4 is 5.91 Å². The zero-order valence-corrected chi connectivity index (χ0v) is 9.81. The molecule has 1 heterocycles. The molecule has 1 saturated heterocycles. The molecule has 0 aromatic rings. The van der Waals surface area contributed by atoms with Gasteiger partial charge in [-0.2, -0.15) is 0 Å². The zero-order valence-electron chi connectivity index (χ0n) is 9.81. The lowest BCUT2D eigenvalue weighted by molar-refractivity contribution is -0.132. The maximum Gasteiger partial charge on any atom is 0.227 e. The molecule has 1 rings (SSSR count). The molecule has 0 aromatic carbocycles. The highest BCUT2D eigenvalue weighted by molar-refractivity contribution is 5.83. The maximum atomic E-state index is 12.1. The molecule has 86 valence electrons. The van der Waals surface area contributed by atoms with E-state index in [0.717, 1.165) is 32.4 Å². The standard InChI is InChI=1S/C12H22N2O/c1-4-10(3)14-11(15)12(5-2)7-6-8-13-9-12/h4,10,13H,1,5-9H2,2-3H3,(H,14,15). The highest BCUT2D eigenvalue weighted by Gasteiger charge is 2.37. The predicted octanol–water partition coefficient (Wildman–Crippen LogP) is 1.46. The Balaban J connectivity index is 2.63. The average Bonchev–Trinajstić information content (AvgIpc) is 2.29. The molecule has 2 N–H and O–H groups in total. The first-order valence-electron chi connectivity index (χ1n) is 5.79. The van der Waals surface area contributed by atoms with Gasteiger partial charge in [0.1, 0.15) is 0 Å². The van der Waals surface area contributed by atoms with E-state index < -0.39 is 0 Å². The van der Waals surface area contributed by atoms with Gasteiger partial charge in [-0.25, -0.2) is 0 Å². The van der Waals surface area contributed by atoms with Crippen LogP contribution in [0.2, 0.25) is 0 Å². The Morgan fingerprint density at radius 2 is 2.47 bits per heavy atom. The van der Waals surface area contributed by atoms with Crippen LogP contribution >= 0.6 is 0 Å². The SMILES string of the molecule is C=CC(C)NC(=O)C1(CC)CCCNC1. The van der Waals surface area contributed by atoms with Crippen molar-refractivity contribution in [3.63, 3.8) is 0 Å². The van der Waals surface area contributed by atoms with E-state index in [1.165, 1.54) is 0 Å². The second kappa shape index (κ2) is 5.31. The number of amides is 1. The Hall–Kier alpha value is -0.830. The van der Waals surface area contributed by atoms with Gasteiger partial charge in [0.25, 0.3) is 0 Å². The predicted molar refractivity (Wildman–Crippen MR) is 62.6 cm³/mol. The third kappa shape index (κ3) is 2.81. The van der Waals surface area contributed by atoms with E-state index in [1.54, 1.807) is 6.08 Å². The molecule has 2 unspecified atom stereocenters. The molecule has 1 fully saturated rings. The van der Waals surface area contributed by atoms with Crippen LogP contribution in [0.3, 0.4) is 0 Å². The Kier molecular flexibility index (Phi) is 4.33. The first kappa shape index (κ1) is 12.2. The van der Waals surface area contributed by atoms with Crippen molar-refractivity contribution in [2.45, 2.75) is 39.2 Å². The smallest absolute Gasteiger partial charge is 0.227 e. The molecule has 0 saturated carbocycles. The molecule has 0 aromatic heterocycles. The topological polar surface area (TPSA) is 41.1 Å². The van der Waals surface area contributed by atoms with Crippen LogP contribution in [0.5, 0.6) is 0 Å². The third-order valence-corrected chi connectivity index (χ3v) is 3.34. The summed E-state index contributed by atoms with van der Waals surface area (Å²) < 4.78 is 0. The summed E-state index contributed by atoms with van der Waals surface area (Å²) in [5.41, 5.74) is -0.199. The van der Waals surface area contributed by atoms with Gasteiger partial charge in [-0.05, 0) is 32.7 Å². The summed E-state index contributed by atoms with van der Waals surface area (Å²) in [6, 6.07) is 0.0582. The average molecular weight is 210 g/mol. The molecule has 1 aliphatic heterocycles. The molecule has 1 aliphatic rings. The van der Waals surface area contributed by atoms with E-state index in [2.05, 4.69) is 24.1 Å². The zero-order chi connectivity index (χ0) is 11.3. The molecule has 2 atom stereocenters. The summed E-state index contributed by atoms with van der Waals surface area (Å²) >= 11 is 0. The minimum absolute atomic E-state index is 0.0582. The van der Waals surface area contributed by atoms with Crippen molar-refractivity contribution in [1.82, 2.24) is 10.6 Å². The van der Waals surface area contributed by atoms with E-state index in [0.29, 0.717) is 0 Å². The number of hydrogen-bond donors (Lipinski definition) is 2. The van der Waals surface area contributed by atoms with Gasteiger partial charge >= 0.3 is 0 Å². The van der Waals surface area contributed by atoms with Gasteiger partial charge in [0, 0.05) is 12.6 Å². The van der Waals surface area contributed by atoms with Crippen LogP contribution < -0.4 is 10.6 Å². The number of carbonyl (C=O) groups excluding carboxylic acids is 1. The van der Waals surface area contributed by atoms with Crippen LogP contribution in [0.25, 0.3) is 0 Å². The fourth-order valence-electron chi connectivity index (χ4n) is 2.04. The fourth-order valence-corrected chi connectivity index (χ4v) is 2.04. The molecule has 0 bridgehead atoms. The molecular weight excluding hydrogens is 188 g/mol.